The molecule has 0 aromatic carbocycles. The van der Waals surface area contributed by atoms with E-state index < -0.39 is 0 Å². The Morgan fingerprint density at radius 1 is 1.77 bits per heavy atom. The zero-order valence-electron chi connectivity index (χ0n) is 7.63. The van der Waals surface area contributed by atoms with Crippen molar-refractivity contribution in [2.45, 2.75) is 19.4 Å². The van der Waals surface area contributed by atoms with E-state index in [2.05, 4.69) is 11.6 Å². The summed E-state index contributed by atoms with van der Waals surface area (Å²) in [5.41, 5.74) is 7.84. The summed E-state index contributed by atoms with van der Waals surface area (Å²) in [5, 5.41) is 0.483. The average Bonchev–Trinajstić information content (AvgIpc) is 2.03. The number of hydrogen-bond acceptors (Lipinski definition) is 2. The minimum Gasteiger partial charge on any atom is -0.324 e. The normalized spacial score (nSPS) is 12.5. The van der Waals surface area contributed by atoms with Gasteiger partial charge in [-0.05, 0) is 19.4 Å². The largest absolute Gasteiger partial charge is 0.324 e. The molecule has 0 amide bonds. The Morgan fingerprint density at radius 2 is 2.46 bits per heavy atom. The summed E-state index contributed by atoms with van der Waals surface area (Å²) in [5.74, 6) is 0. The van der Waals surface area contributed by atoms with Crippen LogP contribution in [0.1, 0.15) is 24.9 Å². The van der Waals surface area contributed by atoms with Gasteiger partial charge in [0.25, 0.3) is 0 Å². The smallest absolute Gasteiger partial charge is 0.133 e. The predicted molar refractivity (Wildman–Crippen MR) is 55.6 cm³/mol. The number of hydrogen-bond donors (Lipinski definition) is 1. The van der Waals surface area contributed by atoms with Crippen LogP contribution in [0.25, 0.3) is 0 Å². The highest BCUT2D eigenvalue weighted by Crippen LogP contribution is 2.22. The van der Waals surface area contributed by atoms with Crippen molar-refractivity contribution in [3.63, 3.8) is 0 Å². The summed E-state index contributed by atoms with van der Waals surface area (Å²) in [4.78, 5) is 3.96. The fourth-order valence-corrected chi connectivity index (χ4v) is 1.42. The van der Waals surface area contributed by atoms with Gasteiger partial charge in [0, 0.05) is 17.8 Å². The first kappa shape index (κ1) is 10.2. The number of aromatic nitrogens is 1. The topological polar surface area (TPSA) is 38.9 Å². The molecule has 0 saturated carbocycles. The number of nitrogens with two attached hydrogens (primary N) is 1. The van der Waals surface area contributed by atoms with Crippen LogP contribution in [-0.4, -0.2) is 4.98 Å². The van der Waals surface area contributed by atoms with Crippen molar-refractivity contribution in [1.82, 2.24) is 4.98 Å². The fraction of sp³-hybridized carbons (Fsp3) is 0.300. The summed E-state index contributed by atoms with van der Waals surface area (Å²) in [6, 6.07) is 3.63. The Morgan fingerprint density at radius 3 is 3.00 bits per heavy atom. The van der Waals surface area contributed by atoms with E-state index in [1.807, 2.05) is 19.1 Å². The van der Waals surface area contributed by atoms with Crippen LogP contribution in [-0.2, 0) is 0 Å². The van der Waals surface area contributed by atoms with Crippen LogP contribution in [0.2, 0.25) is 5.15 Å². The van der Waals surface area contributed by atoms with E-state index >= 15 is 0 Å². The molecule has 0 unspecified atom stereocenters. The molecule has 1 rings (SSSR count). The number of rotatable bonds is 3. The van der Waals surface area contributed by atoms with E-state index in [0.29, 0.717) is 5.15 Å². The van der Waals surface area contributed by atoms with Crippen molar-refractivity contribution in [2.24, 2.45) is 5.73 Å². The van der Waals surface area contributed by atoms with Gasteiger partial charge in [-0.2, -0.15) is 0 Å². The van der Waals surface area contributed by atoms with E-state index in [1.165, 1.54) is 0 Å². The molecule has 0 aliphatic rings. The molecule has 70 valence electrons. The summed E-state index contributed by atoms with van der Waals surface area (Å²) < 4.78 is 0. The zero-order valence-corrected chi connectivity index (χ0v) is 8.38. The lowest BCUT2D eigenvalue weighted by molar-refractivity contribution is 0.714. The van der Waals surface area contributed by atoms with Crippen LogP contribution in [0.5, 0.6) is 0 Å². The molecule has 0 aliphatic heterocycles. The van der Waals surface area contributed by atoms with Gasteiger partial charge in [0.15, 0.2) is 0 Å². The lowest BCUT2D eigenvalue weighted by Crippen LogP contribution is -2.11. The molecular weight excluding hydrogens is 184 g/mol. The van der Waals surface area contributed by atoms with E-state index in [9.17, 15) is 0 Å². The first-order valence-corrected chi connectivity index (χ1v) is 4.49. The first-order chi connectivity index (χ1) is 6.11. The molecule has 0 fully saturated rings. The average molecular weight is 197 g/mol. The highest BCUT2D eigenvalue weighted by Gasteiger charge is 2.09. The molecule has 2 nitrogen and oxygen atoms in total. The molecule has 1 aromatic rings. The molecular formula is C10H13ClN2. The van der Waals surface area contributed by atoms with Gasteiger partial charge in [-0.1, -0.05) is 23.2 Å². The van der Waals surface area contributed by atoms with Crippen molar-refractivity contribution >= 4 is 11.6 Å². The maximum absolute atomic E-state index is 5.91. The predicted octanol–water partition coefficient (Wildman–Crippen LogP) is 2.70. The van der Waals surface area contributed by atoms with Gasteiger partial charge in [0.1, 0.15) is 5.15 Å². The van der Waals surface area contributed by atoms with Gasteiger partial charge in [-0.3, -0.25) is 0 Å². The molecule has 0 spiro atoms. The van der Waals surface area contributed by atoms with Crippen LogP contribution < -0.4 is 5.73 Å². The van der Waals surface area contributed by atoms with Crippen molar-refractivity contribution in [2.75, 3.05) is 0 Å². The van der Waals surface area contributed by atoms with Crippen molar-refractivity contribution in [3.8, 4) is 0 Å². The Labute approximate surface area is 83.4 Å². The maximum Gasteiger partial charge on any atom is 0.133 e. The van der Waals surface area contributed by atoms with E-state index in [0.717, 1.165) is 17.6 Å². The van der Waals surface area contributed by atoms with Crippen LogP contribution in [0.15, 0.2) is 30.5 Å². The van der Waals surface area contributed by atoms with E-state index in [-0.39, 0.29) is 6.04 Å². The number of nitrogens with zero attached hydrogens (tertiary/aromatic N) is 1. The molecule has 13 heavy (non-hydrogen) atoms. The SMILES string of the molecule is C=C(C)C[C@@H](N)c1cccnc1Cl. The minimum absolute atomic E-state index is 0.0984. The Bertz CT molecular complexity index is 310. The second-order valence-electron chi connectivity index (χ2n) is 3.15. The molecule has 3 heteroatoms. The maximum atomic E-state index is 5.91. The Kier molecular flexibility index (Phi) is 3.46. The lowest BCUT2D eigenvalue weighted by atomic mass is 10.0. The van der Waals surface area contributed by atoms with Gasteiger partial charge in [0.05, 0.1) is 0 Å². The van der Waals surface area contributed by atoms with Gasteiger partial charge in [0.2, 0.25) is 0 Å². The summed E-state index contributed by atoms with van der Waals surface area (Å²) in [6.07, 6.45) is 2.39. The first-order valence-electron chi connectivity index (χ1n) is 4.11. The van der Waals surface area contributed by atoms with Crippen LogP contribution in [0, 0.1) is 0 Å². The van der Waals surface area contributed by atoms with Crippen LogP contribution in [0.3, 0.4) is 0 Å². The number of halogens is 1. The molecule has 2 N–H and O–H groups in total. The third-order valence-electron chi connectivity index (χ3n) is 1.76. The third-order valence-corrected chi connectivity index (χ3v) is 2.07. The molecule has 0 bridgehead atoms. The highest BCUT2D eigenvalue weighted by molar-refractivity contribution is 6.30. The molecule has 0 radical (unpaired) electrons. The van der Waals surface area contributed by atoms with Gasteiger partial charge < -0.3 is 5.73 Å². The van der Waals surface area contributed by atoms with Crippen LogP contribution >= 0.6 is 11.6 Å². The van der Waals surface area contributed by atoms with Crippen molar-refractivity contribution < 1.29 is 0 Å². The Hall–Kier alpha value is -0.860. The fourth-order valence-electron chi connectivity index (χ4n) is 1.16. The second kappa shape index (κ2) is 4.40. The van der Waals surface area contributed by atoms with Gasteiger partial charge in [-0.25, -0.2) is 4.98 Å². The summed E-state index contributed by atoms with van der Waals surface area (Å²) in [6.45, 7) is 5.76. The van der Waals surface area contributed by atoms with Crippen molar-refractivity contribution in [1.29, 1.82) is 0 Å². The van der Waals surface area contributed by atoms with Gasteiger partial charge in [-0.15, -0.1) is 6.58 Å². The van der Waals surface area contributed by atoms with E-state index in [1.54, 1.807) is 6.20 Å². The van der Waals surface area contributed by atoms with Gasteiger partial charge >= 0.3 is 0 Å². The molecule has 1 heterocycles. The monoisotopic (exact) mass is 196 g/mol. The lowest BCUT2D eigenvalue weighted by Gasteiger charge is -2.12. The Balaban J connectivity index is 2.82. The third kappa shape index (κ3) is 2.83. The zero-order chi connectivity index (χ0) is 9.84. The summed E-state index contributed by atoms with van der Waals surface area (Å²) in [7, 11) is 0. The molecule has 0 saturated heterocycles. The molecule has 1 atom stereocenters. The van der Waals surface area contributed by atoms with Crippen LogP contribution in [0.4, 0.5) is 0 Å². The van der Waals surface area contributed by atoms with E-state index in [4.69, 9.17) is 17.3 Å². The van der Waals surface area contributed by atoms with Crippen molar-refractivity contribution in [3.05, 3.63) is 41.2 Å². The second-order valence-corrected chi connectivity index (χ2v) is 3.51. The highest BCUT2D eigenvalue weighted by atomic mass is 35.5. The molecule has 1 aromatic heterocycles. The number of pyridine rings is 1. The standard InChI is InChI=1S/C10H13ClN2/c1-7(2)6-9(12)8-4-3-5-13-10(8)11/h3-5,9H,1,6,12H2,2H3/t9-/m1/s1. The summed E-state index contributed by atoms with van der Waals surface area (Å²) >= 11 is 5.88. The quantitative estimate of drug-likeness (QED) is 0.597. The molecule has 0 aliphatic carbocycles. The minimum atomic E-state index is -0.0984.